The number of nitrogens with one attached hydrogen (secondary N) is 1. The Kier molecular flexibility index (Phi) is 9.15. The summed E-state index contributed by atoms with van der Waals surface area (Å²) in [6, 6.07) is 8.22. The molecule has 1 saturated carbocycles. The van der Waals surface area contributed by atoms with Crippen LogP contribution in [0.2, 0.25) is 0 Å². The van der Waals surface area contributed by atoms with Crippen molar-refractivity contribution in [2.45, 2.75) is 77.5 Å². The first kappa shape index (κ1) is 28.4. The van der Waals surface area contributed by atoms with Gasteiger partial charge in [-0.05, 0) is 70.9 Å². The fraction of sp³-hybridized carbons (Fsp3) is 0.556. The highest BCUT2D eigenvalue weighted by atomic mass is 19.4. The van der Waals surface area contributed by atoms with E-state index < -0.39 is 28.9 Å². The third-order valence-corrected chi connectivity index (χ3v) is 6.31. The standard InChI is InChI=1S/C27H34F3N3O4/c1-26(2,3)37-23(35)16-18-11-13-19(14-12-18)22(34)10-7-15-31-25(36)21-17-33(20-8-5-4-6-9-20)32-24(21)27(28,29)30/h4-6,8-9,17-19H,7,10-16H2,1-3H3,(H,31,36). The summed E-state index contributed by atoms with van der Waals surface area (Å²) >= 11 is 0. The van der Waals surface area contributed by atoms with E-state index in [1.807, 2.05) is 20.8 Å². The maximum atomic E-state index is 13.5. The number of amides is 1. The lowest BCUT2D eigenvalue weighted by Crippen LogP contribution is -2.29. The number of carbonyl (C=O) groups excluding carboxylic acids is 3. The summed E-state index contributed by atoms with van der Waals surface area (Å²) in [6.07, 6.45) is 0.145. The van der Waals surface area contributed by atoms with Crippen LogP contribution in [0.25, 0.3) is 5.69 Å². The molecule has 2 aromatic rings. The van der Waals surface area contributed by atoms with Crippen molar-refractivity contribution in [2.75, 3.05) is 6.54 Å². The Morgan fingerprint density at radius 2 is 1.70 bits per heavy atom. The van der Waals surface area contributed by atoms with Gasteiger partial charge in [0.05, 0.1) is 11.3 Å². The van der Waals surface area contributed by atoms with E-state index in [0.29, 0.717) is 31.4 Å². The number of ketones is 1. The van der Waals surface area contributed by atoms with E-state index in [-0.39, 0.29) is 36.6 Å². The molecule has 0 atom stereocenters. The van der Waals surface area contributed by atoms with Gasteiger partial charge >= 0.3 is 12.1 Å². The van der Waals surface area contributed by atoms with Crippen molar-refractivity contribution in [1.82, 2.24) is 15.1 Å². The van der Waals surface area contributed by atoms with Gasteiger partial charge in [0, 0.05) is 31.5 Å². The molecule has 1 heterocycles. The summed E-state index contributed by atoms with van der Waals surface area (Å²) in [5, 5.41) is 6.07. The number of benzene rings is 1. The van der Waals surface area contributed by atoms with Crippen molar-refractivity contribution in [2.24, 2.45) is 11.8 Å². The fourth-order valence-corrected chi connectivity index (χ4v) is 4.53. The number of carbonyl (C=O) groups is 3. The van der Waals surface area contributed by atoms with Crippen LogP contribution in [0, 0.1) is 11.8 Å². The monoisotopic (exact) mass is 521 g/mol. The molecule has 0 unspecified atom stereocenters. The first-order valence-electron chi connectivity index (χ1n) is 12.6. The number of aromatic nitrogens is 2. The minimum Gasteiger partial charge on any atom is -0.460 e. The van der Waals surface area contributed by atoms with Crippen LogP contribution in [0.4, 0.5) is 13.2 Å². The molecular formula is C27H34F3N3O4. The molecule has 0 radical (unpaired) electrons. The zero-order valence-electron chi connectivity index (χ0n) is 21.4. The van der Waals surface area contributed by atoms with Crippen LogP contribution in [-0.4, -0.2) is 39.6 Å². The number of hydrogen-bond acceptors (Lipinski definition) is 5. The maximum absolute atomic E-state index is 13.5. The highest BCUT2D eigenvalue weighted by Crippen LogP contribution is 2.33. The van der Waals surface area contributed by atoms with Crippen LogP contribution in [0.3, 0.4) is 0 Å². The minimum atomic E-state index is -4.79. The molecule has 37 heavy (non-hydrogen) atoms. The number of halogens is 3. The van der Waals surface area contributed by atoms with Crippen molar-refractivity contribution in [3.8, 4) is 5.69 Å². The van der Waals surface area contributed by atoms with Gasteiger partial charge in [-0.25, -0.2) is 4.68 Å². The number of rotatable bonds is 9. The van der Waals surface area contributed by atoms with Crippen LogP contribution in [0.15, 0.2) is 36.5 Å². The lowest BCUT2D eigenvalue weighted by Gasteiger charge is -2.28. The van der Waals surface area contributed by atoms with E-state index >= 15 is 0 Å². The Labute approximate surface area is 214 Å². The van der Waals surface area contributed by atoms with Gasteiger partial charge in [-0.15, -0.1) is 0 Å². The van der Waals surface area contributed by atoms with Crippen LogP contribution in [0.5, 0.6) is 0 Å². The molecule has 0 bridgehead atoms. The van der Waals surface area contributed by atoms with Crippen molar-refractivity contribution in [1.29, 1.82) is 0 Å². The molecule has 3 rings (SSSR count). The van der Waals surface area contributed by atoms with Gasteiger partial charge in [-0.1, -0.05) is 18.2 Å². The van der Waals surface area contributed by atoms with Gasteiger partial charge in [-0.3, -0.25) is 14.4 Å². The quantitative estimate of drug-likeness (QED) is 0.347. The van der Waals surface area contributed by atoms with E-state index in [2.05, 4.69) is 10.4 Å². The fourth-order valence-electron chi connectivity index (χ4n) is 4.53. The van der Waals surface area contributed by atoms with Gasteiger partial charge < -0.3 is 10.1 Å². The Hall–Kier alpha value is -3.17. The predicted octanol–water partition coefficient (Wildman–Crippen LogP) is 5.51. The van der Waals surface area contributed by atoms with Crippen molar-refractivity contribution in [3.63, 3.8) is 0 Å². The number of alkyl halides is 3. The smallest absolute Gasteiger partial charge is 0.435 e. The van der Waals surface area contributed by atoms with E-state index in [1.54, 1.807) is 30.3 Å². The maximum Gasteiger partial charge on any atom is 0.435 e. The zero-order chi connectivity index (χ0) is 27.2. The third-order valence-electron chi connectivity index (χ3n) is 6.31. The van der Waals surface area contributed by atoms with Crippen molar-refractivity contribution < 1.29 is 32.3 Å². The summed E-state index contributed by atoms with van der Waals surface area (Å²) in [5.41, 5.74) is -1.94. The third kappa shape index (κ3) is 8.43. The average Bonchev–Trinajstić information content (AvgIpc) is 3.28. The van der Waals surface area contributed by atoms with Crippen LogP contribution in [-0.2, 0) is 20.5 Å². The van der Waals surface area contributed by atoms with Gasteiger partial charge in [0.2, 0.25) is 0 Å². The topological polar surface area (TPSA) is 90.3 Å². The molecule has 0 spiro atoms. The van der Waals surface area contributed by atoms with E-state index in [4.69, 9.17) is 4.74 Å². The van der Waals surface area contributed by atoms with E-state index in [0.717, 1.165) is 23.7 Å². The minimum absolute atomic E-state index is 0.0758. The molecular weight excluding hydrogens is 487 g/mol. The summed E-state index contributed by atoms with van der Waals surface area (Å²) in [7, 11) is 0. The molecule has 1 N–H and O–H groups in total. The Balaban J connectivity index is 1.45. The lowest BCUT2D eigenvalue weighted by molar-refractivity contribution is -0.156. The molecule has 1 aromatic carbocycles. The van der Waals surface area contributed by atoms with Gasteiger partial charge in [0.25, 0.3) is 5.91 Å². The van der Waals surface area contributed by atoms with Crippen LogP contribution >= 0.6 is 0 Å². The number of ether oxygens (including phenoxy) is 1. The second kappa shape index (κ2) is 11.9. The predicted molar refractivity (Wildman–Crippen MR) is 131 cm³/mol. The number of para-hydroxylation sites is 1. The Morgan fingerprint density at radius 3 is 2.30 bits per heavy atom. The SMILES string of the molecule is CC(C)(C)OC(=O)CC1CCC(C(=O)CCCNC(=O)c2cn(-c3ccccc3)nc2C(F)(F)F)CC1. The van der Waals surface area contributed by atoms with E-state index in [9.17, 15) is 27.6 Å². The molecule has 202 valence electrons. The molecule has 1 aliphatic carbocycles. The highest BCUT2D eigenvalue weighted by Gasteiger charge is 2.39. The summed E-state index contributed by atoms with van der Waals surface area (Å²) in [6.45, 7) is 5.56. The molecule has 0 aliphatic heterocycles. The molecule has 1 aromatic heterocycles. The first-order valence-corrected chi connectivity index (χ1v) is 12.6. The Bertz CT molecular complexity index is 1080. The van der Waals surface area contributed by atoms with Gasteiger partial charge in [-0.2, -0.15) is 18.3 Å². The summed E-state index contributed by atoms with van der Waals surface area (Å²) in [5.74, 6) is -0.909. The molecule has 1 fully saturated rings. The number of nitrogens with zero attached hydrogens (tertiary/aromatic N) is 2. The highest BCUT2D eigenvalue weighted by molar-refractivity contribution is 5.95. The second-order valence-electron chi connectivity index (χ2n) is 10.5. The van der Waals surface area contributed by atoms with Gasteiger partial charge in [0.1, 0.15) is 11.4 Å². The average molecular weight is 522 g/mol. The van der Waals surface area contributed by atoms with Gasteiger partial charge in [0.15, 0.2) is 5.69 Å². The molecule has 10 heteroatoms. The van der Waals surface area contributed by atoms with Crippen LogP contribution < -0.4 is 5.32 Å². The van der Waals surface area contributed by atoms with E-state index in [1.165, 1.54) is 0 Å². The largest absolute Gasteiger partial charge is 0.460 e. The summed E-state index contributed by atoms with van der Waals surface area (Å²) in [4.78, 5) is 37.2. The normalized spacial score (nSPS) is 18.3. The number of Topliss-reactive ketones (excluding diaryl/α,β-unsaturated/α-hetero) is 1. The second-order valence-corrected chi connectivity index (χ2v) is 10.5. The lowest BCUT2D eigenvalue weighted by atomic mass is 9.78. The zero-order valence-corrected chi connectivity index (χ0v) is 21.4. The number of hydrogen-bond donors (Lipinski definition) is 1. The Morgan fingerprint density at radius 1 is 1.05 bits per heavy atom. The summed E-state index contributed by atoms with van der Waals surface area (Å²) < 4.78 is 46.8. The number of esters is 1. The van der Waals surface area contributed by atoms with Crippen molar-refractivity contribution >= 4 is 17.7 Å². The molecule has 1 aliphatic rings. The molecule has 0 saturated heterocycles. The van der Waals surface area contributed by atoms with Crippen molar-refractivity contribution in [3.05, 3.63) is 47.8 Å². The molecule has 7 nitrogen and oxygen atoms in total. The van der Waals surface area contributed by atoms with Crippen LogP contribution in [0.1, 0.15) is 81.8 Å². The molecule has 1 amide bonds. The first-order chi connectivity index (χ1) is 17.3.